The number of para-hydroxylation sites is 1. The quantitative estimate of drug-likeness (QED) is 0.288. The van der Waals surface area contributed by atoms with Crippen molar-refractivity contribution in [3.05, 3.63) is 103 Å². The SMILES string of the molecule is Cc1ccc(-n2c(C=Cc3c(C)[nH]c4ccccc34)nc3ccc(I)cc3c2=O)cc1. The van der Waals surface area contributed by atoms with Gasteiger partial charge in [0.2, 0.25) is 0 Å². The van der Waals surface area contributed by atoms with Gasteiger partial charge < -0.3 is 4.98 Å². The number of hydrogen-bond acceptors (Lipinski definition) is 2. The van der Waals surface area contributed by atoms with Crippen molar-refractivity contribution in [2.75, 3.05) is 0 Å². The average Bonchev–Trinajstić information content (AvgIpc) is 3.09. The molecule has 1 N–H and O–H groups in total. The standard InChI is InChI=1S/C26H20IN3O/c1-16-7-10-19(11-8-16)30-25(29-24-13-9-18(27)15-22(24)26(30)31)14-12-20-17(2)28-23-6-4-3-5-21(20)23/h3-15,28H,1-2H3. The zero-order valence-electron chi connectivity index (χ0n) is 17.2. The Kier molecular flexibility index (Phi) is 4.98. The molecule has 152 valence electrons. The molecule has 0 amide bonds. The van der Waals surface area contributed by atoms with E-state index in [0.29, 0.717) is 16.7 Å². The second kappa shape index (κ2) is 7.81. The molecule has 0 bridgehead atoms. The molecule has 2 heterocycles. The number of aromatic nitrogens is 3. The third kappa shape index (κ3) is 3.59. The second-order valence-electron chi connectivity index (χ2n) is 7.65. The van der Waals surface area contributed by atoms with Gasteiger partial charge in [0.15, 0.2) is 0 Å². The minimum absolute atomic E-state index is 0.0670. The van der Waals surface area contributed by atoms with Crippen LogP contribution in [-0.2, 0) is 0 Å². The lowest BCUT2D eigenvalue weighted by Crippen LogP contribution is -2.22. The van der Waals surface area contributed by atoms with Crippen molar-refractivity contribution in [2.45, 2.75) is 13.8 Å². The first-order chi connectivity index (χ1) is 15.0. The maximum atomic E-state index is 13.5. The third-order valence-corrected chi connectivity index (χ3v) is 6.16. The molecule has 0 radical (unpaired) electrons. The molecular weight excluding hydrogens is 497 g/mol. The molecule has 0 aliphatic heterocycles. The van der Waals surface area contributed by atoms with E-state index in [-0.39, 0.29) is 5.56 Å². The summed E-state index contributed by atoms with van der Waals surface area (Å²) in [6.07, 6.45) is 3.97. The van der Waals surface area contributed by atoms with Crippen LogP contribution >= 0.6 is 22.6 Å². The summed E-state index contributed by atoms with van der Waals surface area (Å²) in [5, 5.41) is 1.77. The number of aryl methyl sites for hydroxylation is 2. The molecular formula is C26H20IN3O. The number of fused-ring (bicyclic) bond motifs is 2. The molecule has 0 atom stereocenters. The van der Waals surface area contributed by atoms with Crippen LogP contribution in [0.1, 0.15) is 22.6 Å². The van der Waals surface area contributed by atoms with Crippen LogP contribution in [0.5, 0.6) is 0 Å². The van der Waals surface area contributed by atoms with Crippen molar-refractivity contribution in [3.63, 3.8) is 0 Å². The Morgan fingerprint density at radius 2 is 1.71 bits per heavy atom. The summed E-state index contributed by atoms with van der Waals surface area (Å²) < 4.78 is 2.70. The van der Waals surface area contributed by atoms with Crippen LogP contribution in [0.4, 0.5) is 0 Å². The number of nitrogens with one attached hydrogen (secondary N) is 1. The summed E-state index contributed by atoms with van der Waals surface area (Å²) in [4.78, 5) is 21.8. The molecule has 4 nitrogen and oxygen atoms in total. The van der Waals surface area contributed by atoms with E-state index in [4.69, 9.17) is 4.98 Å². The van der Waals surface area contributed by atoms with Gasteiger partial charge in [0.25, 0.3) is 5.56 Å². The van der Waals surface area contributed by atoms with E-state index < -0.39 is 0 Å². The van der Waals surface area contributed by atoms with Crippen LogP contribution in [0.15, 0.2) is 71.5 Å². The Labute approximate surface area is 193 Å². The van der Waals surface area contributed by atoms with Crippen molar-refractivity contribution in [2.24, 2.45) is 0 Å². The van der Waals surface area contributed by atoms with Crippen molar-refractivity contribution in [3.8, 4) is 5.69 Å². The fourth-order valence-electron chi connectivity index (χ4n) is 3.90. The molecule has 3 aromatic carbocycles. The number of rotatable bonds is 3. The Bertz CT molecular complexity index is 1520. The fraction of sp³-hybridized carbons (Fsp3) is 0.0769. The maximum Gasteiger partial charge on any atom is 0.266 e. The normalized spacial score (nSPS) is 11.7. The minimum Gasteiger partial charge on any atom is -0.358 e. The molecule has 0 saturated heterocycles. The van der Waals surface area contributed by atoms with E-state index in [1.807, 2.05) is 73.7 Å². The highest BCUT2D eigenvalue weighted by Gasteiger charge is 2.12. The molecule has 0 spiro atoms. The van der Waals surface area contributed by atoms with E-state index in [1.165, 1.54) is 0 Å². The highest BCUT2D eigenvalue weighted by molar-refractivity contribution is 14.1. The number of nitrogens with zero attached hydrogens (tertiary/aromatic N) is 2. The summed E-state index contributed by atoms with van der Waals surface area (Å²) in [5.41, 5.74) is 5.86. The smallest absolute Gasteiger partial charge is 0.266 e. The van der Waals surface area contributed by atoms with Crippen LogP contribution in [0, 0.1) is 17.4 Å². The first kappa shape index (κ1) is 19.8. The summed E-state index contributed by atoms with van der Waals surface area (Å²) in [5.74, 6) is 0.604. The predicted molar refractivity (Wildman–Crippen MR) is 137 cm³/mol. The van der Waals surface area contributed by atoms with Crippen LogP contribution in [0.2, 0.25) is 0 Å². The van der Waals surface area contributed by atoms with Crippen molar-refractivity contribution < 1.29 is 0 Å². The zero-order chi connectivity index (χ0) is 21.5. The Hall–Kier alpha value is -3.19. The van der Waals surface area contributed by atoms with Crippen LogP contribution in [0.25, 0.3) is 39.6 Å². The van der Waals surface area contributed by atoms with Gasteiger partial charge in [0, 0.05) is 25.7 Å². The van der Waals surface area contributed by atoms with E-state index in [9.17, 15) is 4.79 Å². The summed E-state index contributed by atoms with van der Waals surface area (Å²) >= 11 is 2.23. The van der Waals surface area contributed by atoms with Crippen molar-refractivity contribution >= 4 is 56.5 Å². The number of H-pyrrole nitrogens is 1. The van der Waals surface area contributed by atoms with E-state index in [2.05, 4.69) is 46.6 Å². The molecule has 2 aromatic heterocycles. The van der Waals surface area contributed by atoms with Gasteiger partial charge in [0.05, 0.1) is 16.6 Å². The van der Waals surface area contributed by atoms with Gasteiger partial charge in [0.1, 0.15) is 5.82 Å². The largest absolute Gasteiger partial charge is 0.358 e. The Morgan fingerprint density at radius 1 is 0.935 bits per heavy atom. The van der Waals surface area contributed by atoms with Gasteiger partial charge in [-0.1, -0.05) is 35.9 Å². The second-order valence-corrected chi connectivity index (χ2v) is 8.90. The molecule has 0 aliphatic rings. The third-order valence-electron chi connectivity index (χ3n) is 5.49. The highest BCUT2D eigenvalue weighted by Crippen LogP contribution is 2.24. The van der Waals surface area contributed by atoms with Crippen molar-refractivity contribution in [1.82, 2.24) is 14.5 Å². The molecule has 0 unspecified atom stereocenters. The van der Waals surface area contributed by atoms with Gasteiger partial charge in [-0.15, -0.1) is 0 Å². The molecule has 0 fully saturated rings. The molecule has 5 aromatic rings. The summed E-state index contributed by atoms with van der Waals surface area (Å²) in [6.45, 7) is 4.09. The van der Waals surface area contributed by atoms with Crippen LogP contribution in [0.3, 0.4) is 0 Å². The number of hydrogen-bond donors (Lipinski definition) is 1. The minimum atomic E-state index is -0.0670. The lowest BCUT2D eigenvalue weighted by atomic mass is 10.1. The Balaban J connectivity index is 1.75. The number of benzene rings is 3. The molecule has 31 heavy (non-hydrogen) atoms. The summed E-state index contributed by atoms with van der Waals surface area (Å²) in [6, 6.07) is 22.0. The van der Waals surface area contributed by atoms with E-state index >= 15 is 0 Å². The first-order valence-corrected chi connectivity index (χ1v) is 11.1. The first-order valence-electron chi connectivity index (χ1n) is 10.1. The van der Waals surface area contributed by atoms with E-state index in [1.54, 1.807) is 4.57 Å². The highest BCUT2D eigenvalue weighted by atomic mass is 127. The lowest BCUT2D eigenvalue weighted by molar-refractivity contribution is 0.943. The number of aromatic amines is 1. The summed E-state index contributed by atoms with van der Waals surface area (Å²) in [7, 11) is 0. The molecule has 5 heteroatoms. The Morgan fingerprint density at radius 3 is 2.52 bits per heavy atom. The predicted octanol–water partition coefficient (Wildman–Crippen LogP) is 6.26. The van der Waals surface area contributed by atoms with Gasteiger partial charge in [-0.25, -0.2) is 4.98 Å². The average molecular weight is 517 g/mol. The van der Waals surface area contributed by atoms with Gasteiger partial charge in [-0.05, 0) is 85.0 Å². The van der Waals surface area contributed by atoms with Gasteiger partial charge in [-0.2, -0.15) is 0 Å². The molecule has 0 aliphatic carbocycles. The fourth-order valence-corrected chi connectivity index (χ4v) is 4.39. The number of halogens is 1. The zero-order valence-corrected chi connectivity index (χ0v) is 19.3. The topological polar surface area (TPSA) is 50.7 Å². The van der Waals surface area contributed by atoms with Gasteiger partial charge in [-0.3, -0.25) is 9.36 Å². The molecule has 0 saturated carbocycles. The maximum absolute atomic E-state index is 13.5. The van der Waals surface area contributed by atoms with Gasteiger partial charge >= 0.3 is 0 Å². The van der Waals surface area contributed by atoms with Crippen LogP contribution < -0.4 is 5.56 Å². The van der Waals surface area contributed by atoms with Crippen molar-refractivity contribution in [1.29, 1.82) is 0 Å². The van der Waals surface area contributed by atoms with Crippen LogP contribution in [-0.4, -0.2) is 14.5 Å². The van der Waals surface area contributed by atoms with E-state index in [0.717, 1.165) is 37.0 Å². The lowest BCUT2D eigenvalue weighted by Gasteiger charge is -2.12. The molecule has 5 rings (SSSR count). The monoisotopic (exact) mass is 517 g/mol.